The van der Waals surface area contributed by atoms with Gasteiger partial charge in [-0.1, -0.05) is 20.8 Å². The Bertz CT molecular complexity index is 372. The Hall–Kier alpha value is -1.12. The number of aromatic nitrogens is 1. The second kappa shape index (κ2) is 5.25. The van der Waals surface area contributed by atoms with Crippen LogP contribution >= 0.6 is 0 Å². The van der Waals surface area contributed by atoms with Gasteiger partial charge in [0.05, 0.1) is 11.9 Å². The van der Waals surface area contributed by atoms with E-state index in [-0.39, 0.29) is 0 Å². The van der Waals surface area contributed by atoms with Gasteiger partial charge in [-0.05, 0) is 49.1 Å². The smallest absolute Gasteiger partial charge is 0.212 e. The van der Waals surface area contributed by atoms with Crippen molar-refractivity contribution in [3.05, 3.63) is 24.3 Å². The van der Waals surface area contributed by atoms with Crippen LogP contribution in [0.25, 0.3) is 0 Å². The molecule has 1 N–H and O–H groups in total. The van der Waals surface area contributed by atoms with Gasteiger partial charge in [0.1, 0.15) is 0 Å². The SMILES string of the molecule is CC(C)(C)C1CCC(Nc2ccc(F)nc2)CC1. The highest BCUT2D eigenvalue weighted by Crippen LogP contribution is 2.38. The summed E-state index contributed by atoms with van der Waals surface area (Å²) in [7, 11) is 0. The molecule has 1 aliphatic carbocycles. The summed E-state index contributed by atoms with van der Waals surface area (Å²) in [6.45, 7) is 6.99. The molecule has 1 fully saturated rings. The minimum absolute atomic E-state index is 0.419. The third-order valence-corrected chi connectivity index (χ3v) is 4.05. The van der Waals surface area contributed by atoms with Gasteiger partial charge in [0.2, 0.25) is 5.95 Å². The van der Waals surface area contributed by atoms with Gasteiger partial charge in [-0.15, -0.1) is 0 Å². The fraction of sp³-hybridized carbons (Fsp3) is 0.667. The summed E-state index contributed by atoms with van der Waals surface area (Å²) < 4.78 is 12.7. The molecule has 2 rings (SSSR count). The minimum atomic E-state index is -0.419. The Morgan fingerprint density at radius 2 is 1.83 bits per heavy atom. The van der Waals surface area contributed by atoms with E-state index >= 15 is 0 Å². The first-order valence-corrected chi connectivity index (χ1v) is 6.83. The first kappa shape index (κ1) is 13.3. The molecule has 1 aromatic rings. The van der Waals surface area contributed by atoms with E-state index in [2.05, 4.69) is 31.1 Å². The molecule has 1 aromatic heterocycles. The van der Waals surface area contributed by atoms with Gasteiger partial charge in [0.15, 0.2) is 0 Å². The van der Waals surface area contributed by atoms with Crippen LogP contribution in [0, 0.1) is 17.3 Å². The number of rotatable bonds is 2. The topological polar surface area (TPSA) is 24.9 Å². The number of anilines is 1. The van der Waals surface area contributed by atoms with Gasteiger partial charge >= 0.3 is 0 Å². The Morgan fingerprint density at radius 3 is 2.33 bits per heavy atom. The zero-order valence-corrected chi connectivity index (χ0v) is 11.5. The van der Waals surface area contributed by atoms with Crippen molar-refractivity contribution in [2.24, 2.45) is 11.3 Å². The predicted octanol–water partition coefficient (Wildman–Crippen LogP) is 4.24. The van der Waals surface area contributed by atoms with Crippen LogP contribution in [0.3, 0.4) is 0 Å². The van der Waals surface area contributed by atoms with Gasteiger partial charge < -0.3 is 5.32 Å². The Morgan fingerprint density at radius 1 is 1.17 bits per heavy atom. The lowest BCUT2D eigenvalue weighted by Crippen LogP contribution is -2.31. The maximum absolute atomic E-state index is 12.7. The van der Waals surface area contributed by atoms with Gasteiger partial charge in [-0.3, -0.25) is 0 Å². The van der Waals surface area contributed by atoms with E-state index < -0.39 is 5.95 Å². The Balaban J connectivity index is 1.85. The molecule has 0 aromatic carbocycles. The molecule has 18 heavy (non-hydrogen) atoms. The van der Waals surface area contributed by atoms with Crippen molar-refractivity contribution in [1.82, 2.24) is 4.98 Å². The van der Waals surface area contributed by atoms with Crippen molar-refractivity contribution < 1.29 is 4.39 Å². The first-order valence-electron chi connectivity index (χ1n) is 6.83. The first-order chi connectivity index (χ1) is 8.45. The van der Waals surface area contributed by atoms with Crippen LogP contribution in [0.5, 0.6) is 0 Å². The number of halogens is 1. The highest BCUT2D eigenvalue weighted by Gasteiger charge is 2.29. The molecule has 0 bridgehead atoms. The molecule has 0 spiro atoms. The molecular formula is C15H23FN2. The standard InChI is InChI=1S/C15H23FN2/c1-15(2,3)11-4-6-12(7-5-11)18-13-8-9-14(16)17-10-13/h8-12,18H,4-7H2,1-3H3. The van der Waals surface area contributed by atoms with E-state index in [4.69, 9.17) is 0 Å². The molecule has 0 saturated heterocycles. The molecule has 0 unspecified atom stereocenters. The molecule has 0 radical (unpaired) electrons. The van der Waals surface area contributed by atoms with Gasteiger partial charge in [0.25, 0.3) is 0 Å². The molecular weight excluding hydrogens is 227 g/mol. The van der Waals surface area contributed by atoms with Crippen molar-refractivity contribution in [1.29, 1.82) is 0 Å². The Kier molecular flexibility index (Phi) is 3.88. The molecule has 100 valence electrons. The monoisotopic (exact) mass is 250 g/mol. The summed E-state index contributed by atoms with van der Waals surface area (Å²) in [5, 5.41) is 3.45. The number of hydrogen-bond acceptors (Lipinski definition) is 2. The van der Waals surface area contributed by atoms with Crippen molar-refractivity contribution in [3.63, 3.8) is 0 Å². The summed E-state index contributed by atoms with van der Waals surface area (Å²) in [6, 6.07) is 3.68. The summed E-state index contributed by atoms with van der Waals surface area (Å²) >= 11 is 0. The molecule has 0 aliphatic heterocycles. The second-order valence-electron chi connectivity index (χ2n) is 6.43. The molecule has 0 atom stereocenters. The number of nitrogens with zero attached hydrogens (tertiary/aromatic N) is 1. The van der Waals surface area contributed by atoms with Crippen LogP contribution in [0.15, 0.2) is 18.3 Å². The number of hydrogen-bond donors (Lipinski definition) is 1. The van der Waals surface area contributed by atoms with Crippen LogP contribution in [0.4, 0.5) is 10.1 Å². The molecule has 3 heteroatoms. The van der Waals surface area contributed by atoms with Crippen LogP contribution in [-0.2, 0) is 0 Å². The number of nitrogens with one attached hydrogen (secondary N) is 1. The highest BCUT2D eigenvalue weighted by atomic mass is 19.1. The van der Waals surface area contributed by atoms with Gasteiger partial charge in [0, 0.05) is 6.04 Å². The average Bonchev–Trinajstić information content (AvgIpc) is 2.32. The lowest BCUT2D eigenvalue weighted by atomic mass is 9.71. The van der Waals surface area contributed by atoms with Gasteiger partial charge in [-0.25, -0.2) is 4.98 Å². The van der Waals surface area contributed by atoms with Crippen molar-refractivity contribution in [3.8, 4) is 0 Å². The lowest BCUT2D eigenvalue weighted by Gasteiger charge is -2.37. The molecule has 1 heterocycles. The van der Waals surface area contributed by atoms with E-state index in [0.717, 1.165) is 11.6 Å². The average molecular weight is 250 g/mol. The largest absolute Gasteiger partial charge is 0.381 e. The molecule has 1 aliphatic rings. The van der Waals surface area contributed by atoms with E-state index in [1.54, 1.807) is 12.3 Å². The lowest BCUT2D eigenvalue weighted by molar-refractivity contribution is 0.173. The van der Waals surface area contributed by atoms with Gasteiger partial charge in [-0.2, -0.15) is 4.39 Å². The summed E-state index contributed by atoms with van der Waals surface area (Å²) in [5.41, 5.74) is 1.35. The molecule has 2 nitrogen and oxygen atoms in total. The van der Waals surface area contributed by atoms with Crippen molar-refractivity contribution in [2.45, 2.75) is 52.5 Å². The van der Waals surface area contributed by atoms with Crippen molar-refractivity contribution in [2.75, 3.05) is 5.32 Å². The predicted molar refractivity (Wildman–Crippen MR) is 73.0 cm³/mol. The fourth-order valence-electron chi connectivity index (χ4n) is 2.80. The zero-order valence-electron chi connectivity index (χ0n) is 11.5. The summed E-state index contributed by atoms with van der Waals surface area (Å²) in [4.78, 5) is 3.67. The maximum Gasteiger partial charge on any atom is 0.212 e. The highest BCUT2D eigenvalue weighted by molar-refractivity contribution is 5.41. The van der Waals surface area contributed by atoms with E-state index in [9.17, 15) is 4.39 Å². The third kappa shape index (κ3) is 3.44. The third-order valence-electron chi connectivity index (χ3n) is 4.05. The van der Waals surface area contributed by atoms with E-state index in [0.29, 0.717) is 11.5 Å². The van der Waals surface area contributed by atoms with Crippen molar-refractivity contribution >= 4 is 5.69 Å². The van der Waals surface area contributed by atoms with Crippen LogP contribution < -0.4 is 5.32 Å². The quantitative estimate of drug-likeness (QED) is 0.794. The summed E-state index contributed by atoms with van der Waals surface area (Å²) in [6.07, 6.45) is 6.51. The number of pyridine rings is 1. The molecule has 1 saturated carbocycles. The minimum Gasteiger partial charge on any atom is -0.381 e. The second-order valence-corrected chi connectivity index (χ2v) is 6.43. The fourth-order valence-corrected chi connectivity index (χ4v) is 2.80. The summed E-state index contributed by atoms with van der Waals surface area (Å²) in [5.74, 6) is 0.402. The normalized spacial score (nSPS) is 24.9. The van der Waals surface area contributed by atoms with E-state index in [1.807, 2.05) is 0 Å². The Labute approximate surface area is 109 Å². The van der Waals surface area contributed by atoms with Crippen LogP contribution in [0.2, 0.25) is 0 Å². The van der Waals surface area contributed by atoms with Crippen LogP contribution in [0.1, 0.15) is 46.5 Å². The van der Waals surface area contributed by atoms with E-state index in [1.165, 1.54) is 31.7 Å². The van der Waals surface area contributed by atoms with Crippen LogP contribution in [-0.4, -0.2) is 11.0 Å². The molecule has 0 amide bonds. The zero-order chi connectivity index (χ0) is 13.2. The maximum atomic E-state index is 12.7.